The molecule has 1 aromatic heterocycles. The van der Waals surface area contributed by atoms with E-state index in [0.717, 1.165) is 40.6 Å². The second-order valence-electron chi connectivity index (χ2n) is 5.33. The molecule has 0 atom stereocenters. The molecule has 0 unspecified atom stereocenters. The molecule has 0 saturated carbocycles. The molecule has 0 N–H and O–H groups in total. The Morgan fingerprint density at radius 2 is 1.65 bits per heavy atom. The Labute approximate surface area is 136 Å². The quantitative estimate of drug-likeness (QED) is 0.630. The van der Waals surface area contributed by atoms with Crippen LogP contribution in [0.15, 0.2) is 48.5 Å². The third-order valence-corrected chi connectivity index (χ3v) is 3.75. The minimum absolute atomic E-state index is 0.603. The molecule has 4 heteroatoms. The van der Waals surface area contributed by atoms with Crippen molar-refractivity contribution in [1.82, 2.24) is 10.2 Å². The van der Waals surface area contributed by atoms with Gasteiger partial charge in [0, 0.05) is 16.3 Å². The Bertz CT molecular complexity index is 785. The van der Waals surface area contributed by atoms with Gasteiger partial charge in [-0.25, -0.2) is 0 Å². The highest BCUT2D eigenvalue weighted by Crippen LogP contribution is 2.31. The number of ether oxygens (including phenoxy) is 2. The summed E-state index contributed by atoms with van der Waals surface area (Å²) in [6.45, 7) is 2.80. The molecule has 0 fully saturated rings. The lowest BCUT2D eigenvalue weighted by Crippen LogP contribution is -2.01. The van der Waals surface area contributed by atoms with Crippen LogP contribution in [0.5, 0.6) is 11.6 Å². The van der Waals surface area contributed by atoms with Gasteiger partial charge in [0.1, 0.15) is 11.4 Å². The number of unbranched alkanes of at least 4 members (excludes halogenated alkanes) is 1. The van der Waals surface area contributed by atoms with E-state index in [1.165, 1.54) is 0 Å². The lowest BCUT2D eigenvalue weighted by Gasteiger charge is -2.10. The zero-order chi connectivity index (χ0) is 16.1. The highest BCUT2D eigenvalue weighted by atomic mass is 16.5. The largest absolute Gasteiger partial charge is 0.497 e. The Morgan fingerprint density at radius 3 is 2.35 bits per heavy atom. The standard InChI is InChI=1S/C19H20N2O2/c1-3-4-13-23-19-17-8-6-5-7-16(17)18(20-21-19)14-9-11-15(22-2)12-10-14/h5-12H,3-4,13H2,1-2H3. The van der Waals surface area contributed by atoms with Crippen molar-refractivity contribution < 1.29 is 9.47 Å². The van der Waals surface area contributed by atoms with Crippen molar-refractivity contribution in [3.8, 4) is 22.9 Å². The lowest BCUT2D eigenvalue weighted by atomic mass is 10.0. The second kappa shape index (κ2) is 7.09. The Balaban J connectivity index is 2.03. The van der Waals surface area contributed by atoms with Gasteiger partial charge < -0.3 is 9.47 Å². The maximum atomic E-state index is 5.79. The van der Waals surface area contributed by atoms with Gasteiger partial charge in [-0.2, -0.15) is 0 Å². The third-order valence-electron chi connectivity index (χ3n) is 3.75. The first-order valence-corrected chi connectivity index (χ1v) is 7.86. The molecule has 0 aliphatic rings. The van der Waals surface area contributed by atoms with Crippen molar-refractivity contribution >= 4 is 10.8 Å². The molecule has 0 aliphatic carbocycles. The van der Waals surface area contributed by atoms with Crippen LogP contribution in [0.4, 0.5) is 0 Å². The van der Waals surface area contributed by atoms with Gasteiger partial charge >= 0.3 is 0 Å². The summed E-state index contributed by atoms with van der Waals surface area (Å²) in [5.41, 5.74) is 1.86. The van der Waals surface area contributed by atoms with E-state index in [4.69, 9.17) is 9.47 Å². The van der Waals surface area contributed by atoms with E-state index in [1.54, 1.807) is 7.11 Å². The number of fused-ring (bicyclic) bond motifs is 1. The summed E-state index contributed by atoms with van der Waals surface area (Å²) >= 11 is 0. The molecule has 2 aromatic carbocycles. The molecule has 0 aliphatic heterocycles. The molecule has 0 radical (unpaired) electrons. The van der Waals surface area contributed by atoms with Crippen LogP contribution in [0.1, 0.15) is 19.8 Å². The number of benzene rings is 2. The van der Waals surface area contributed by atoms with E-state index in [0.29, 0.717) is 12.5 Å². The first-order chi connectivity index (χ1) is 11.3. The van der Waals surface area contributed by atoms with E-state index < -0.39 is 0 Å². The molecule has 4 nitrogen and oxygen atoms in total. The fourth-order valence-corrected chi connectivity index (χ4v) is 2.46. The average Bonchev–Trinajstić information content (AvgIpc) is 2.62. The van der Waals surface area contributed by atoms with Gasteiger partial charge in [0.25, 0.3) is 0 Å². The van der Waals surface area contributed by atoms with Gasteiger partial charge in [-0.15, -0.1) is 10.2 Å². The third kappa shape index (κ3) is 3.26. The lowest BCUT2D eigenvalue weighted by molar-refractivity contribution is 0.298. The minimum Gasteiger partial charge on any atom is -0.497 e. The SMILES string of the molecule is CCCCOc1nnc(-c2ccc(OC)cc2)c2ccccc12. The summed E-state index contributed by atoms with van der Waals surface area (Å²) in [5.74, 6) is 1.43. The molecule has 0 spiro atoms. The zero-order valence-electron chi connectivity index (χ0n) is 13.5. The van der Waals surface area contributed by atoms with Crippen LogP contribution in [0.3, 0.4) is 0 Å². The van der Waals surface area contributed by atoms with E-state index in [1.807, 2.05) is 42.5 Å². The van der Waals surface area contributed by atoms with Crippen LogP contribution in [0, 0.1) is 0 Å². The van der Waals surface area contributed by atoms with Crippen LogP contribution < -0.4 is 9.47 Å². The fourth-order valence-electron chi connectivity index (χ4n) is 2.46. The zero-order valence-corrected chi connectivity index (χ0v) is 13.5. The predicted molar refractivity (Wildman–Crippen MR) is 91.9 cm³/mol. The Hall–Kier alpha value is -2.62. The number of methoxy groups -OCH3 is 1. The maximum absolute atomic E-state index is 5.79. The first kappa shape index (κ1) is 15.3. The summed E-state index contributed by atoms with van der Waals surface area (Å²) < 4.78 is 11.0. The molecule has 0 saturated heterocycles. The van der Waals surface area contributed by atoms with Gasteiger partial charge in [0.15, 0.2) is 0 Å². The van der Waals surface area contributed by atoms with Crippen molar-refractivity contribution in [2.45, 2.75) is 19.8 Å². The summed E-state index contributed by atoms with van der Waals surface area (Å²) in [4.78, 5) is 0. The van der Waals surface area contributed by atoms with Crippen molar-refractivity contribution in [3.63, 3.8) is 0 Å². The van der Waals surface area contributed by atoms with E-state index in [9.17, 15) is 0 Å². The summed E-state index contributed by atoms with van der Waals surface area (Å²) in [7, 11) is 1.66. The van der Waals surface area contributed by atoms with Crippen LogP contribution in [0.2, 0.25) is 0 Å². The Kier molecular flexibility index (Phi) is 4.71. The van der Waals surface area contributed by atoms with Crippen molar-refractivity contribution in [2.75, 3.05) is 13.7 Å². The fraction of sp³-hybridized carbons (Fsp3) is 0.263. The molecule has 0 amide bonds. The highest BCUT2D eigenvalue weighted by molar-refractivity contribution is 5.96. The van der Waals surface area contributed by atoms with Crippen LogP contribution >= 0.6 is 0 Å². The van der Waals surface area contributed by atoms with Gasteiger partial charge in [0.05, 0.1) is 13.7 Å². The number of hydrogen-bond donors (Lipinski definition) is 0. The number of aromatic nitrogens is 2. The smallest absolute Gasteiger partial charge is 0.241 e. The molecule has 0 bridgehead atoms. The average molecular weight is 308 g/mol. The normalized spacial score (nSPS) is 10.7. The first-order valence-electron chi connectivity index (χ1n) is 7.86. The number of hydrogen-bond acceptors (Lipinski definition) is 4. The molecular formula is C19H20N2O2. The van der Waals surface area contributed by atoms with Crippen LogP contribution in [-0.4, -0.2) is 23.9 Å². The van der Waals surface area contributed by atoms with E-state index in [-0.39, 0.29) is 0 Å². The summed E-state index contributed by atoms with van der Waals surface area (Å²) in [6.07, 6.45) is 2.10. The van der Waals surface area contributed by atoms with E-state index in [2.05, 4.69) is 23.2 Å². The molecule has 3 aromatic rings. The minimum atomic E-state index is 0.603. The highest BCUT2D eigenvalue weighted by Gasteiger charge is 2.11. The van der Waals surface area contributed by atoms with E-state index >= 15 is 0 Å². The molecule has 118 valence electrons. The predicted octanol–water partition coefficient (Wildman–Crippen LogP) is 4.48. The molecular weight excluding hydrogens is 288 g/mol. The van der Waals surface area contributed by atoms with Gasteiger partial charge in [-0.3, -0.25) is 0 Å². The van der Waals surface area contributed by atoms with Gasteiger partial charge in [0.2, 0.25) is 5.88 Å². The summed E-state index contributed by atoms with van der Waals surface area (Å²) in [6, 6.07) is 15.9. The topological polar surface area (TPSA) is 44.2 Å². The maximum Gasteiger partial charge on any atom is 0.241 e. The molecule has 3 rings (SSSR count). The van der Waals surface area contributed by atoms with Crippen molar-refractivity contribution in [3.05, 3.63) is 48.5 Å². The van der Waals surface area contributed by atoms with Crippen molar-refractivity contribution in [1.29, 1.82) is 0 Å². The molecule has 1 heterocycles. The van der Waals surface area contributed by atoms with Crippen LogP contribution in [-0.2, 0) is 0 Å². The van der Waals surface area contributed by atoms with Gasteiger partial charge in [-0.05, 0) is 36.8 Å². The van der Waals surface area contributed by atoms with Crippen molar-refractivity contribution in [2.24, 2.45) is 0 Å². The monoisotopic (exact) mass is 308 g/mol. The van der Waals surface area contributed by atoms with Gasteiger partial charge in [-0.1, -0.05) is 31.5 Å². The second-order valence-corrected chi connectivity index (χ2v) is 5.33. The molecule has 23 heavy (non-hydrogen) atoms. The number of rotatable bonds is 6. The Morgan fingerprint density at radius 1 is 0.913 bits per heavy atom. The van der Waals surface area contributed by atoms with Crippen LogP contribution in [0.25, 0.3) is 22.0 Å². The summed E-state index contributed by atoms with van der Waals surface area (Å²) in [5, 5.41) is 10.7. The number of nitrogens with zero attached hydrogens (tertiary/aromatic N) is 2.